The summed E-state index contributed by atoms with van der Waals surface area (Å²) in [5, 5.41) is 11.4. The van der Waals surface area contributed by atoms with Gasteiger partial charge in [0.15, 0.2) is 0 Å². The van der Waals surface area contributed by atoms with Crippen molar-refractivity contribution < 1.29 is 48.2 Å². The van der Waals surface area contributed by atoms with Gasteiger partial charge < -0.3 is 9.90 Å². The molecule has 5 rings (SSSR count). The van der Waals surface area contributed by atoms with E-state index in [0.29, 0.717) is 27.9 Å². The van der Waals surface area contributed by atoms with Gasteiger partial charge in [-0.05, 0) is 70.8 Å². The summed E-state index contributed by atoms with van der Waals surface area (Å²) in [7, 11) is 0. The predicted molar refractivity (Wildman–Crippen MR) is 141 cm³/mol. The van der Waals surface area contributed by atoms with Gasteiger partial charge in [-0.25, -0.2) is 13.8 Å². The maximum absolute atomic E-state index is 14.6. The fourth-order valence-corrected chi connectivity index (χ4v) is 5.67. The molecule has 0 spiro atoms. The minimum absolute atomic E-state index is 0. The smallest absolute Gasteiger partial charge is 0.550 e. The number of hydrogen-bond donors (Lipinski definition) is 0. The van der Waals surface area contributed by atoms with Crippen LogP contribution in [-0.2, 0) is 4.79 Å². The van der Waals surface area contributed by atoms with Crippen LogP contribution in [0.25, 0.3) is 35.2 Å². The number of carboxylic acids is 1. The number of thioether (sulfide) groups is 1. The van der Waals surface area contributed by atoms with E-state index < -0.39 is 11.8 Å². The van der Waals surface area contributed by atoms with Crippen LogP contribution >= 0.6 is 23.4 Å². The van der Waals surface area contributed by atoms with Crippen LogP contribution in [0, 0.1) is 11.6 Å². The molecule has 1 aliphatic carbocycles. The van der Waals surface area contributed by atoms with E-state index in [2.05, 4.69) is 4.98 Å². The van der Waals surface area contributed by atoms with Crippen LogP contribution in [0.4, 0.5) is 8.78 Å². The van der Waals surface area contributed by atoms with Crippen molar-refractivity contribution >= 4 is 64.5 Å². The molecule has 0 radical (unpaired) electrons. The Bertz CT molecular complexity index is 1560. The molecule has 0 bridgehead atoms. The summed E-state index contributed by atoms with van der Waals surface area (Å²) >= 11 is 7.36. The number of carbonyl (C=O) groups is 1. The number of aromatic nitrogens is 1. The van der Waals surface area contributed by atoms with Crippen LogP contribution in [0.5, 0.6) is 0 Å². The third kappa shape index (κ3) is 6.16. The van der Waals surface area contributed by atoms with Crippen molar-refractivity contribution in [1.29, 1.82) is 0 Å². The number of pyridine rings is 1. The summed E-state index contributed by atoms with van der Waals surface area (Å²) < 4.78 is 28.3. The van der Waals surface area contributed by atoms with E-state index in [9.17, 15) is 18.7 Å². The van der Waals surface area contributed by atoms with E-state index in [0.717, 1.165) is 22.3 Å². The minimum atomic E-state index is -1.11. The molecule has 0 fully saturated rings. The maximum atomic E-state index is 14.6. The van der Waals surface area contributed by atoms with Gasteiger partial charge in [0.05, 0.1) is 21.5 Å². The monoisotopic (exact) mass is 541 g/mol. The fraction of sp³-hybridized carbons (Fsp3) is 0.103. The second-order valence-corrected chi connectivity index (χ2v) is 9.99. The molecule has 1 atom stereocenters. The van der Waals surface area contributed by atoms with Crippen LogP contribution in [-0.4, -0.2) is 16.7 Å². The SMILES string of the molecule is O=C([O-])CCSC1c2cc(C=Cc3ccc4cc(F)c(Cl)cc4n3)ccc2C=Cc2c(F)cccc21.[Na+]. The number of rotatable bonds is 6. The first-order valence-corrected chi connectivity index (χ1v) is 12.7. The molecule has 0 aliphatic heterocycles. The maximum Gasteiger partial charge on any atom is 1.00 e. The Morgan fingerprint density at radius 1 is 1.00 bits per heavy atom. The van der Waals surface area contributed by atoms with Crippen molar-refractivity contribution in [3.05, 3.63) is 111 Å². The number of carbonyl (C=O) groups excluding carboxylic acids is 1. The molecule has 8 heteroatoms. The minimum Gasteiger partial charge on any atom is -0.550 e. The Labute approximate surface area is 244 Å². The average Bonchev–Trinajstić information content (AvgIpc) is 3.01. The van der Waals surface area contributed by atoms with E-state index >= 15 is 0 Å². The first-order valence-electron chi connectivity index (χ1n) is 11.2. The van der Waals surface area contributed by atoms with E-state index in [1.807, 2.05) is 42.5 Å². The standard InChI is InChI=1S/C29H20ClF2NO2S.Na/c30-24-16-27-19(15-26(24)32)7-10-20(33-27)9-5-17-4-6-18-8-11-21-22(2-1-3-25(21)31)29(23(18)14-17)36-13-12-28(34)35;/h1-11,14-16,29H,12-13H2,(H,34,35);/q;+1/p-1. The zero-order chi connectivity index (χ0) is 25.2. The Hall–Kier alpha value is -2.48. The van der Waals surface area contributed by atoms with Gasteiger partial charge >= 0.3 is 29.6 Å². The molecule has 1 unspecified atom stereocenters. The quantitative estimate of drug-likeness (QED) is 0.349. The predicted octanol–water partition coefficient (Wildman–Crippen LogP) is 3.79. The molecule has 37 heavy (non-hydrogen) atoms. The zero-order valence-corrected chi connectivity index (χ0v) is 23.5. The molecule has 0 N–H and O–H groups in total. The molecule has 0 amide bonds. The Morgan fingerprint density at radius 3 is 2.65 bits per heavy atom. The van der Waals surface area contributed by atoms with Gasteiger partial charge in [0.2, 0.25) is 0 Å². The Morgan fingerprint density at radius 2 is 1.84 bits per heavy atom. The fourth-order valence-electron chi connectivity index (χ4n) is 4.22. The number of nitrogens with zero attached hydrogens (tertiary/aromatic N) is 1. The summed E-state index contributed by atoms with van der Waals surface area (Å²) in [4.78, 5) is 15.6. The molecule has 1 aromatic heterocycles. The van der Waals surface area contributed by atoms with Crippen molar-refractivity contribution in [3.8, 4) is 0 Å². The molecule has 3 aromatic carbocycles. The molecule has 1 heterocycles. The first-order chi connectivity index (χ1) is 17.4. The van der Waals surface area contributed by atoms with Crippen molar-refractivity contribution in [2.45, 2.75) is 11.7 Å². The van der Waals surface area contributed by atoms with Gasteiger partial charge in [-0.3, -0.25) is 0 Å². The Balaban J connectivity index is 0.00000320. The van der Waals surface area contributed by atoms with Crippen molar-refractivity contribution in [2.75, 3.05) is 5.75 Å². The summed E-state index contributed by atoms with van der Waals surface area (Å²) in [5.74, 6) is -1.57. The van der Waals surface area contributed by atoms with E-state index in [4.69, 9.17) is 11.6 Å². The summed E-state index contributed by atoms with van der Waals surface area (Å²) in [6.07, 6.45) is 7.35. The van der Waals surface area contributed by atoms with E-state index in [-0.39, 0.29) is 52.1 Å². The third-order valence-electron chi connectivity index (χ3n) is 5.98. The van der Waals surface area contributed by atoms with Gasteiger partial charge in [0, 0.05) is 16.9 Å². The number of hydrogen-bond acceptors (Lipinski definition) is 4. The third-order valence-corrected chi connectivity index (χ3v) is 7.55. The number of fused-ring (bicyclic) bond motifs is 3. The average molecular weight is 542 g/mol. The molecule has 180 valence electrons. The summed E-state index contributed by atoms with van der Waals surface area (Å²) in [6, 6.07) is 17.4. The van der Waals surface area contributed by atoms with Gasteiger partial charge in [-0.1, -0.05) is 60.2 Å². The molecule has 3 nitrogen and oxygen atoms in total. The normalized spacial score (nSPS) is 14.2. The summed E-state index contributed by atoms with van der Waals surface area (Å²) in [6.45, 7) is 0. The Kier molecular flexibility index (Phi) is 8.88. The summed E-state index contributed by atoms with van der Waals surface area (Å²) in [5.41, 5.74) is 5.41. The zero-order valence-electron chi connectivity index (χ0n) is 19.9. The van der Waals surface area contributed by atoms with Gasteiger partial charge in [0.1, 0.15) is 11.6 Å². The van der Waals surface area contributed by atoms with Crippen LogP contribution < -0.4 is 34.7 Å². The van der Waals surface area contributed by atoms with Gasteiger partial charge in [-0.2, -0.15) is 0 Å². The molecule has 1 aliphatic rings. The van der Waals surface area contributed by atoms with E-state index in [1.54, 1.807) is 24.3 Å². The van der Waals surface area contributed by atoms with Crippen LogP contribution in [0.15, 0.2) is 60.7 Å². The van der Waals surface area contributed by atoms with Crippen molar-refractivity contribution in [3.63, 3.8) is 0 Å². The second-order valence-electron chi connectivity index (χ2n) is 8.37. The number of carboxylic acid groups (broad SMARTS) is 1. The molecule has 0 saturated carbocycles. The molecule has 4 aromatic rings. The second kappa shape index (κ2) is 11.9. The number of aliphatic carboxylic acids is 1. The van der Waals surface area contributed by atoms with Gasteiger partial charge in [-0.15, -0.1) is 11.8 Å². The van der Waals surface area contributed by atoms with Crippen molar-refractivity contribution in [1.82, 2.24) is 4.98 Å². The van der Waals surface area contributed by atoms with Crippen LogP contribution in [0.3, 0.4) is 0 Å². The number of halogens is 3. The molecular weight excluding hydrogens is 523 g/mol. The van der Waals surface area contributed by atoms with E-state index in [1.165, 1.54) is 30.0 Å². The van der Waals surface area contributed by atoms with Crippen LogP contribution in [0.2, 0.25) is 5.02 Å². The van der Waals surface area contributed by atoms with Crippen molar-refractivity contribution in [2.24, 2.45) is 0 Å². The molecule has 0 saturated heterocycles. The number of benzene rings is 3. The van der Waals surface area contributed by atoms with Gasteiger partial charge in [0.25, 0.3) is 0 Å². The topological polar surface area (TPSA) is 53.0 Å². The largest absolute Gasteiger partial charge is 1.00 e. The molecular formula is C29H19ClF2NNaO2S. The first kappa shape index (κ1) is 27.6. The van der Waals surface area contributed by atoms with Crippen LogP contribution in [0.1, 0.15) is 45.2 Å².